The second kappa shape index (κ2) is 8.71. The van der Waals surface area contributed by atoms with E-state index in [4.69, 9.17) is 9.73 Å². The number of likely N-dealkylation sites (N-methyl/N-ethyl adjacent to an activating group) is 2. The molecule has 2 heterocycles. The molecule has 0 amide bonds. The van der Waals surface area contributed by atoms with Gasteiger partial charge in [-0.2, -0.15) is 0 Å². The Hall–Kier alpha value is -0.120. The average Bonchev–Trinajstić information content (AvgIpc) is 3.00. The molecule has 25 heavy (non-hydrogen) atoms. The monoisotopic (exact) mass is 465 g/mol. The summed E-state index contributed by atoms with van der Waals surface area (Å²) >= 11 is 0. The number of guanidine groups is 1. The van der Waals surface area contributed by atoms with E-state index in [1.807, 2.05) is 0 Å². The number of ether oxygens (including phenoxy) is 1. The van der Waals surface area contributed by atoms with Crippen LogP contribution in [0.1, 0.15) is 27.2 Å². The lowest BCUT2D eigenvalue weighted by Gasteiger charge is -2.55. The van der Waals surface area contributed by atoms with Crippen LogP contribution in [0.3, 0.4) is 0 Å². The molecule has 2 saturated heterocycles. The van der Waals surface area contributed by atoms with E-state index in [1.165, 1.54) is 6.42 Å². The molecule has 2 N–H and O–H groups in total. The summed E-state index contributed by atoms with van der Waals surface area (Å²) in [4.78, 5) is 9.74. The Morgan fingerprint density at radius 3 is 2.76 bits per heavy atom. The number of piperazine rings is 1. The van der Waals surface area contributed by atoms with Crippen LogP contribution in [0.4, 0.5) is 0 Å². The van der Waals surface area contributed by atoms with Crippen LogP contribution in [0.5, 0.6) is 0 Å². The molecule has 4 unspecified atom stereocenters. The summed E-state index contributed by atoms with van der Waals surface area (Å²) in [5.41, 5.74) is 0.180. The third kappa shape index (κ3) is 4.42. The second-order valence-corrected chi connectivity index (χ2v) is 8.30. The van der Waals surface area contributed by atoms with Gasteiger partial charge in [-0.15, -0.1) is 24.0 Å². The van der Waals surface area contributed by atoms with E-state index in [2.05, 4.69) is 55.3 Å². The first kappa shape index (κ1) is 21.2. The number of hydrogen-bond donors (Lipinski definition) is 2. The lowest BCUT2D eigenvalue weighted by Crippen LogP contribution is -2.68. The predicted octanol–water partition coefficient (Wildman–Crippen LogP) is 1.22. The summed E-state index contributed by atoms with van der Waals surface area (Å²) in [7, 11) is 4.41. The van der Waals surface area contributed by atoms with Gasteiger partial charge in [-0.05, 0) is 27.4 Å². The molecule has 6 nitrogen and oxygen atoms in total. The van der Waals surface area contributed by atoms with Crippen LogP contribution in [-0.4, -0.2) is 87.4 Å². The maximum absolute atomic E-state index is 5.91. The van der Waals surface area contributed by atoms with Gasteiger partial charge in [-0.1, -0.05) is 13.8 Å². The molecule has 3 aliphatic rings. The number of halogens is 1. The fourth-order valence-electron chi connectivity index (χ4n) is 4.58. The quantitative estimate of drug-likeness (QED) is 0.372. The van der Waals surface area contributed by atoms with Crippen LogP contribution in [0.2, 0.25) is 0 Å². The fourth-order valence-corrected chi connectivity index (χ4v) is 4.58. The van der Waals surface area contributed by atoms with E-state index >= 15 is 0 Å². The van der Waals surface area contributed by atoms with E-state index in [9.17, 15) is 0 Å². The minimum atomic E-state index is 0. The Labute approximate surface area is 170 Å². The summed E-state index contributed by atoms with van der Waals surface area (Å²) in [6.07, 6.45) is 1.58. The maximum atomic E-state index is 5.91. The highest BCUT2D eigenvalue weighted by atomic mass is 127. The van der Waals surface area contributed by atoms with Crippen LogP contribution < -0.4 is 10.6 Å². The lowest BCUT2D eigenvalue weighted by molar-refractivity contribution is -0.106. The van der Waals surface area contributed by atoms with Gasteiger partial charge in [0.15, 0.2) is 5.96 Å². The van der Waals surface area contributed by atoms with Crippen molar-refractivity contribution in [3.8, 4) is 0 Å². The largest absolute Gasteiger partial charge is 0.377 e. The molecule has 2 aliphatic heterocycles. The Balaban J connectivity index is 0.00000225. The lowest BCUT2D eigenvalue weighted by atomic mass is 9.57. The van der Waals surface area contributed by atoms with Crippen LogP contribution >= 0.6 is 24.0 Å². The van der Waals surface area contributed by atoms with Gasteiger partial charge in [-0.25, -0.2) is 0 Å². The van der Waals surface area contributed by atoms with Crippen LogP contribution in [-0.2, 0) is 4.74 Å². The van der Waals surface area contributed by atoms with E-state index in [0.29, 0.717) is 24.1 Å². The Kier molecular flexibility index (Phi) is 7.38. The van der Waals surface area contributed by atoms with Gasteiger partial charge in [0, 0.05) is 56.2 Å². The van der Waals surface area contributed by atoms with Gasteiger partial charge in [0.1, 0.15) is 0 Å². The fraction of sp³-hybridized carbons (Fsp3) is 0.944. The summed E-state index contributed by atoms with van der Waals surface area (Å²) in [6.45, 7) is 12.8. The molecule has 146 valence electrons. The highest BCUT2D eigenvalue weighted by molar-refractivity contribution is 14.0. The van der Waals surface area contributed by atoms with Gasteiger partial charge >= 0.3 is 0 Å². The van der Waals surface area contributed by atoms with Crippen molar-refractivity contribution >= 4 is 29.9 Å². The van der Waals surface area contributed by atoms with Gasteiger partial charge < -0.3 is 20.3 Å². The number of hydrogen-bond acceptors (Lipinski definition) is 4. The summed E-state index contributed by atoms with van der Waals surface area (Å²) in [5, 5.41) is 7.14. The first-order chi connectivity index (χ1) is 11.4. The molecule has 0 aromatic heterocycles. The van der Waals surface area contributed by atoms with Crippen molar-refractivity contribution in [1.29, 1.82) is 0 Å². The number of aliphatic imine (C=N–C) groups is 1. The first-order valence-corrected chi connectivity index (χ1v) is 9.48. The van der Waals surface area contributed by atoms with Crippen molar-refractivity contribution in [3.05, 3.63) is 0 Å². The van der Waals surface area contributed by atoms with Crippen molar-refractivity contribution in [2.75, 3.05) is 53.4 Å². The zero-order valence-electron chi connectivity index (χ0n) is 16.4. The number of fused-ring (bicyclic) bond motifs is 1. The first-order valence-electron chi connectivity index (χ1n) is 9.48. The topological polar surface area (TPSA) is 52.1 Å². The normalized spacial score (nSPS) is 35.5. The minimum Gasteiger partial charge on any atom is -0.377 e. The maximum Gasteiger partial charge on any atom is 0.191 e. The molecule has 0 bridgehead atoms. The summed E-state index contributed by atoms with van der Waals surface area (Å²) in [5.74, 6) is 1.59. The van der Waals surface area contributed by atoms with Crippen molar-refractivity contribution in [1.82, 2.24) is 20.4 Å². The molecule has 3 rings (SSSR count). The molecule has 1 aliphatic carbocycles. The van der Waals surface area contributed by atoms with Gasteiger partial charge in [0.05, 0.1) is 12.6 Å². The van der Waals surface area contributed by atoms with Gasteiger partial charge in [0.2, 0.25) is 0 Å². The number of nitrogens with one attached hydrogen (secondary N) is 2. The highest BCUT2D eigenvalue weighted by Crippen LogP contribution is 2.52. The van der Waals surface area contributed by atoms with Crippen molar-refractivity contribution in [2.24, 2.45) is 16.3 Å². The van der Waals surface area contributed by atoms with Gasteiger partial charge in [0.25, 0.3) is 0 Å². The molecule has 1 saturated carbocycles. The molecule has 3 fully saturated rings. The molecule has 7 heteroatoms. The van der Waals surface area contributed by atoms with Crippen molar-refractivity contribution in [3.63, 3.8) is 0 Å². The number of rotatable bonds is 4. The zero-order valence-corrected chi connectivity index (χ0v) is 18.7. The molecular formula is C18H36IN5O. The second-order valence-electron chi connectivity index (χ2n) is 8.30. The predicted molar refractivity (Wildman–Crippen MR) is 114 cm³/mol. The third-order valence-corrected chi connectivity index (χ3v) is 6.18. The van der Waals surface area contributed by atoms with E-state index in [-0.39, 0.29) is 29.4 Å². The van der Waals surface area contributed by atoms with Crippen LogP contribution in [0, 0.1) is 11.3 Å². The Morgan fingerprint density at radius 2 is 2.04 bits per heavy atom. The van der Waals surface area contributed by atoms with E-state index in [0.717, 1.165) is 45.3 Å². The molecule has 0 spiro atoms. The van der Waals surface area contributed by atoms with Gasteiger partial charge in [-0.3, -0.25) is 9.89 Å². The molecule has 0 aromatic rings. The molecule has 0 radical (unpaired) electrons. The smallest absolute Gasteiger partial charge is 0.191 e. The van der Waals surface area contributed by atoms with Crippen LogP contribution in [0.15, 0.2) is 4.99 Å². The van der Waals surface area contributed by atoms with E-state index in [1.54, 1.807) is 0 Å². The van der Waals surface area contributed by atoms with E-state index < -0.39 is 0 Å². The van der Waals surface area contributed by atoms with Crippen molar-refractivity contribution < 1.29 is 4.74 Å². The Morgan fingerprint density at radius 1 is 1.28 bits per heavy atom. The zero-order chi connectivity index (χ0) is 17.3. The third-order valence-electron chi connectivity index (χ3n) is 6.18. The number of nitrogens with zero attached hydrogens (tertiary/aromatic N) is 3. The average molecular weight is 465 g/mol. The standard InChI is InChI=1S/C18H35N5O.HI/c1-6-19-17(20-11-13-12-22(4)8-9-23(13)5)21-15-14-7-10-24-16(14)18(15,2)3;/h13-16H,6-12H2,1-5H3,(H2,19,20,21);1H. The summed E-state index contributed by atoms with van der Waals surface area (Å²) < 4.78 is 5.91. The molecular weight excluding hydrogens is 429 g/mol. The molecule has 0 aromatic carbocycles. The highest BCUT2D eigenvalue weighted by Gasteiger charge is 2.59. The molecule has 4 atom stereocenters. The van der Waals surface area contributed by atoms with Crippen LogP contribution in [0.25, 0.3) is 0 Å². The minimum absolute atomic E-state index is 0. The SMILES string of the molecule is CCNC(=NCC1CN(C)CCN1C)NC1C2CCOC2C1(C)C.I. The van der Waals surface area contributed by atoms with Crippen molar-refractivity contribution in [2.45, 2.75) is 45.4 Å². The summed E-state index contributed by atoms with van der Waals surface area (Å²) in [6, 6.07) is 0.950. The Bertz CT molecular complexity index is 472.